The van der Waals surface area contributed by atoms with Gasteiger partial charge in [0.1, 0.15) is 0 Å². The monoisotopic (exact) mass is 206 g/mol. The highest BCUT2D eigenvalue weighted by Crippen LogP contribution is 1.90. The summed E-state index contributed by atoms with van der Waals surface area (Å²) in [7, 11) is 0. The zero-order valence-electron chi connectivity index (χ0n) is 9.45. The Labute approximate surface area is 86.5 Å². The maximum absolute atomic E-state index is 5.06. The molecule has 0 amide bonds. The van der Waals surface area contributed by atoms with Gasteiger partial charge >= 0.3 is 0 Å². The molecule has 4 heteroatoms. The summed E-state index contributed by atoms with van der Waals surface area (Å²) >= 11 is 0. The second kappa shape index (κ2) is 10.9. The highest BCUT2D eigenvalue weighted by Gasteiger charge is 1.95. The molecule has 0 aliphatic carbocycles. The molecule has 0 aromatic heterocycles. The van der Waals surface area contributed by atoms with E-state index in [0.717, 1.165) is 39.6 Å². The van der Waals surface area contributed by atoms with Crippen LogP contribution in [0.4, 0.5) is 0 Å². The second-order valence-electron chi connectivity index (χ2n) is 2.70. The van der Waals surface area contributed by atoms with Gasteiger partial charge in [-0.3, -0.25) is 0 Å². The van der Waals surface area contributed by atoms with E-state index in [2.05, 4.69) is 0 Å². The van der Waals surface area contributed by atoms with Gasteiger partial charge in [0.15, 0.2) is 6.29 Å². The SMILES string of the molecule is C1COCCO1.CCOC(C)OCC. The first-order valence-corrected chi connectivity index (χ1v) is 5.20. The number of rotatable bonds is 4. The normalized spacial score (nSPS) is 16.3. The third-order valence-corrected chi connectivity index (χ3v) is 1.55. The molecule has 0 bridgehead atoms. The molecule has 86 valence electrons. The fourth-order valence-electron chi connectivity index (χ4n) is 0.957. The van der Waals surface area contributed by atoms with Gasteiger partial charge in [-0.05, 0) is 20.8 Å². The van der Waals surface area contributed by atoms with Crippen molar-refractivity contribution < 1.29 is 18.9 Å². The third-order valence-electron chi connectivity index (χ3n) is 1.55. The van der Waals surface area contributed by atoms with E-state index in [1.54, 1.807) is 0 Å². The van der Waals surface area contributed by atoms with Crippen LogP contribution in [0.2, 0.25) is 0 Å². The van der Waals surface area contributed by atoms with E-state index >= 15 is 0 Å². The predicted molar refractivity (Wildman–Crippen MR) is 54.4 cm³/mol. The average molecular weight is 206 g/mol. The van der Waals surface area contributed by atoms with Crippen LogP contribution in [0.15, 0.2) is 0 Å². The Balaban J connectivity index is 0.000000249. The van der Waals surface area contributed by atoms with Gasteiger partial charge in [-0.2, -0.15) is 0 Å². The van der Waals surface area contributed by atoms with Crippen molar-refractivity contribution in [3.05, 3.63) is 0 Å². The van der Waals surface area contributed by atoms with Crippen molar-refractivity contribution in [2.45, 2.75) is 27.1 Å². The van der Waals surface area contributed by atoms with E-state index in [4.69, 9.17) is 18.9 Å². The summed E-state index contributed by atoms with van der Waals surface area (Å²) in [5.74, 6) is 0. The van der Waals surface area contributed by atoms with Crippen molar-refractivity contribution in [1.29, 1.82) is 0 Å². The van der Waals surface area contributed by atoms with Crippen LogP contribution in [0.25, 0.3) is 0 Å². The molecule has 4 nitrogen and oxygen atoms in total. The molecular weight excluding hydrogens is 184 g/mol. The standard InChI is InChI=1S/C6H14O2.C4H8O2/c1-4-7-6(3)8-5-2;1-2-6-4-3-5-1/h6H,4-5H2,1-3H3;1-4H2. The minimum Gasteiger partial charge on any atom is -0.377 e. The molecule has 0 atom stereocenters. The Hall–Kier alpha value is -0.160. The average Bonchev–Trinajstić information content (AvgIpc) is 2.22. The minimum atomic E-state index is -0.0370. The van der Waals surface area contributed by atoms with Crippen molar-refractivity contribution in [3.63, 3.8) is 0 Å². The minimum absolute atomic E-state index is 0.0370. The predicted octanol–water partition coefficient (Wildman–Crippen LogP) is 1.44. The first-order valence-electron chi connectivity index (χ1n) is 5.20. The molecule has 1 fully saturated rings. The third kappa shape index (κ3) is 9.92. The highest BCUT2D eigenvalue weighted by molar-refractivity contribution is 4.37. The molecule has 0 saturated carbocycles. The van der Waals surface area contributed by atoms with E-state index in [1.807, 2.05) is 20.8 Å². The lowest BCUT2D eigenvalue weighted by Gasteiger charge is -2.09. The largest absolute Gasteiger partial charge is 0.377 e. The molecule has 0 unspecified atom stereocenters. The van der Waals surface area contributed by atoms with Gasteiger partial charge in [0, 0.05) is 13.2 Å². The van der Waals surface area contributed by atoms with Gasteiger partial charge in [-0.15, -0.1) is 0 Å². The van der Waals surface area contributed by atoms with Gasteiger partial charge in [0.2, 0.25) is 0 Å². The van der Waals surface area contributed by atoms with E-state index in [9.17, 15) is 0 Å². The van der Waals surface area contributed by atoms with Crippen LogP contribution >= 0.6 is 0 Å². The summed E-state index contributed by atoms with van der Waals surface area (Å²) in [6, 6.07) is 0. The van der Waals surface area contributed by atoms with Gasteiger partial charge in [-0.25, -0.2) is 0 Å². The van der Waals surface area contributed by atoms with E-state index in [1.165, 1.54) is 0 Å². The summed E-state index contributed by atoms with van der Waals surface area (Å²) < 4.78 is 20.0. The van der Waals surface area contributed by atoms with Gasteiger partial charge in [0.05, 0.1) is 26.4 Å². The lowest BCUT2D eigenvalue weighted by atomic mass is 10.6. The van der Waals surface area contributed by atoms with Gasteiger partial charge in [-0.1, -0.05) is 0 Å². The molecule has 1 saturated heterocycles. The summed E-state index contributed by atoms with van der Waals surface area (Å²) in [6.45, 7) is 10.4. The quantitative estimate of drug-likeness (QED) is 0.652. The summed E-state index contributed by atoms with van der Waals surface area (Å²) in [5.41, 5.74) is 0. The fourth-order valence-corrected chi connectivity index (χ4v) is 0.957. The Kier molecular flexibility index (Phi) is 10.8. The van der Waals surface area contributed by atoms with E-state index in [-0.39, 0.29) is 6.29 Å². The highest BCUT2D eigenvalue weighted by atomic mass is 16.7. The van der Waals surface area contributed by atoms with E-state index < -0.39 is 0 Å². The zero-order valence-corrected chi connectivity index (χ0v) is 9.45. The maximum Gasteiger partial charge on any atom is 0.154 e. The first kappa shape index (κ1) is 13.8. The molecule has 0 aromatic rings. The Morgan fingerprint density at radius 3 is 1.50 bits per heavy atom. The molecule has 1 rings (SSSR count). The smallest absolute Gasteiger partial charge is 0.154 e. The van der Waals surface area contributed by atoms with Crippen molar-refractivity contribution in [1.82, 2.24) is 0 Å². The zero-order chi connectivity index (χ0) is 10.6. The summed E-state index contributed by atoms with van der Waals surface area (Å²) in [5, 5.41) is 0. The molecule has 0 aromatic carbocycles. The van der Waals surface area contributed by atoms with Gasteiger partial charge in [0.25, 0.3) is 0 Å². The van der Waals surface area contributed by atoms with Crippen LogP contribution in [0.1, 0.15) is 20.8 Å². The summed E-state index contributed by atoms with van der Waals surface area (Å²) in [4.78, 5) is 0. The topological polar surface area (TPSA) is 36.9 Å². The molecule has 0 N–H and O–H groups in total. The Bertz CT molecular complexity index is 86.8. The summed E-state index contributed by atoms with van der Waals surface area (Å²) in [6.07, 6.45) is -0.0370. The lowest BCUT2D eigenvalue weighted by molar-refractivity contribution is -0.123. The molecular formula is C10H22O4. The molecule has 0 radical (unpaired) electrons. The molecule has 1 heterocycles. The lowest BCUT2D eigenvalue weighted by Crippen LogP contribution is -2.16. The Morgan fingerprint density at radius 2 is 1.29 bits per heavy atom. The van der Waals surface area contributed by atoms with Crippen molar-refractivity contribution in [3.8, 4) is 0 Å². The van der Waals surface area contributed by atoms with Crippen molar-refractivity contribution in [2.75, 3.05) is 39.6 Å². The Morgan fingerprint density at radius 1 is 0.929 bits per heavy atom. The molecule has 1 aliphatic rings. The number of ether oxygens (including phenoxy) is 4. The van der Waals surface area contributed by atoms with E-state index in [0.29, 0.717) is 0 Å². The van der Waals surface area contributed by atoms with Crippen LogP contribution in [0, 0.1) is 0 Å². The molecule has 14 heavy (non-hydrogen) atoms. The van der Waals surface area contributed by atoms with Crippen LogP contribution in [-0.2, 0) is 18.9 Å². The first-order chi connectivity index (χ1) is 6.81. The van der Waals surface area contributed by atoms with Gasteiger partial charge < -0.3 is 18.9 Å². The van der Waals surface area contributed by atoms with Crippen molar-refractivity contribution >= 4 is 0 Å². The maximum atomic E-state index is 5.06. The molecule has 0 spiro atoms. The molecule has 1 aliphatic heterocycles. The number of hydrogen-bond donors (Lipinski definition) is 0. The number of hydrogen-bond acceptors (Lipinski definition) is 4. The van der Waals surface area contributed by atoms with Crippen LogP contribution < -0.4 is 0 Å². The van der Waals surface area contributed by atoms with Crippen LogP contribution in [0.5, 0.6) is 0 Å². The van der Waals surface area contributed by atoms with Crippen LogP contribution in [0.3, 0.4) is 0 Å². The fraction of sp³-hybridized carbons (Fsp3) is 1.00. The second-order valence-corrected chi connectivity index (χ2v) is 2.70. The van der Waals surface area contributed by atoms with Crippen LogP contribution in [-0.4, -0.2) is 45.9 Å². The van der Waals surface area contributed by atoms with Crippen molar-refractivity contribution in [2.24, 2.45) is 0 Å².